The number of halogens is 1. The van der Waals surface area contributed by atoms with Crippen LogP contribution in [0.25, 0.3) is 0 Å². The maximum Gasteiger partial charge on any atom is 0.273 e. The van der Waals surface area contributed by atoms with Crippen LogP contribution in [0, 0.1) is 5.82 Å². The van der Waals surface area contributed by atoms with E-state index in [1.165, 1.54) is 43.1 Å². The van der Waals surface area contributed by atoms with Crippen LogP contribution in [0.3, 0.4) is 0 Å². The van der Waals surface area contributed by atoms with Crippen molar-refractivity contribution in [2.24, 2.45) is 0 Å². The van der Waals surface area contributed by atoms with Crippen molar-refractivity contribution >= 4 is 5.91 Å². The number of hydrogen-bond donors (Lipinski definition) is 2. The SMILES string of the molecule is C[C@H](c1ccccc1F)n1cc(C(=O)NCC[NH+]2CCCCC2)nn1. The molecule has 134 valence electrons. The Bertz CT molecular complexity index is 711. The van der Waals surface area contributed by atoms with Gasteiger partial charge >= 0.3 is 0 Å². The van der Waals surface area contributed by atoms with Crippen molar-refractivity contribution in [1.82, 2.24) is 20.3 Å². The normalized spacial score (nSPS) is 16.6. The van der Waals surface area contributed by atoms with Gasteiger partial charge in [-0.15, -0.1) is 5.10 Å². The second kappa shape index (κ2) is 8.20. The molecule has 1 fully saturated rings. The van der Waals surface area contributed by atoms with E-state index in [1.54, 1.807) is 29.3 Å². The minimum atomic E-state index is -0.326. The molecule has 1 atom stereocenters. The van der Waals surface area contributed by atoms with Crippen LogP contribution in [0.15, 0.2) is 30.5 Å². The third kappa shape index (κ3) is 4.42. The molecule has 2 heterocycles. The summed E-state index contributed by atoms with van der Waals surface area (Å²) in [6.07, 6.45) is 5.43. The highest BCUT2D eigenvalue weighted by atomic mass is 19.1. The molecule has 1 amide bonds. The zero-order chi connectivity index (χ0) is 17.6. The molecule has 1 aliphatic heterocycles. The first-order chi connectivity index (χ1) is 12.1. The number of likely N-dealkylation sites (tertiary alicyclic amines) is 1. The molecular formula is C18H25FN5O+. The van der Waals surface area contributed by atoms with E-state index in [-0.39, 0.29) is 23.5 Å². The highest BCUT2D eigenvalue weighted by Crippen LogP contribution is 2.19. The summed E-state index contributed by atoms with van der Waals surface area (Å²) in [5.41, 5.74) is 0.782. The third-order valence-electron chi connectivity index (χ3n) is 4.82. The molecule has 1 saturated heterocycles. The predicted octanol–water partition coefficient (Wildman–Crippen LogP) is 0.825. The molecule has 0 bridgehead atoms. The first-order valence-electron chi connectivity index (χ1n) is 8.93. The van der Waals surface area contributed by atoms with Gasteiger partial charge in [0.25, 0.3) is 5.91 Å². The molecule has 3 rings (SSSR count). The lowest BCUT2D eigenvalue weighted by Gasteiger charge is -2.23. The van der Waals surface area contributed by atoms with Crippen LogP contribution < -0.4 is 10.2 Å². The van der Waals surface area contributed by atoms with Crippen molar-refractivity contribution in [2.45, 2.75) is 32.2 Å². The van der Waals surface area contributed by atoms with Crippen LogP contribution in [0.5, 0.6) is 0 Å². The van der Waals surface area contributed by atoms with E-state index in [9.17, 15) is 9.18 Å². The smallest absolute Gasteiger partial charge is 0.273 e. The molecule has 7 heteroatoms. The van der Waals surface area contributed by atoms with Crippen molar-refractivity contribution in [3.8, 4) is 0 Å². The summed E-state index contributed by atoms with van der Waals surface area (Å²) in [7, 11) is 0. The molecule has 2 N–H and O–H groups in total. The summed E-state index contributed by atoms with van der Waals surface area (Å²) >= 11 is 0. The number of nitrogens with one attached hydrogen (secondary N) is 2. The fourth-order valence-corrected chi connectivity index (χ4v) is 3.27. The lowest BCUT2D eigenvalue weighted by molar-refractivity contribution is -0.903. The summed E-state index contributed by atoms with van der Waals surface area (Å²) in [6.45, 7) is 5.77. The zero-order valence-corrected chi connectivity index (χ0v) is 14.5. The lowest BCUT2D eigenvalue weighted by Crippen LogP contribution is -3.13. The minimum absolute atomic E-state index is 0.233. The van der Waals surface area contributed by atoms with Crippen LogP contribution in [-0.4, -0.2) is 47.1 Å². The van der Waals surface area contributed by atoms with Crippen molar-refractivity contribution in [3.63, 3.8) is 0 Å². The Kier molecular flexibility index (Phi) is 5.75. The first-order valence-corrected chi connectivity index (χ1v) is 8.93. The van der Waals surface area contributed by atoms with Crippen molar-refractivity contribution in [3.05, 3.63) is 47.5 Å². The molecule has 25 heavy (non-hydrogen) atoms. The number of hydrogen-bond acceptors (Lipinski definition) is 3. The van der Waals surface area contributed by atoms with Crippen molar-refractivity contribution in [2.75, 3.05) is 26.2 Å². The fraction of sp³-hybridized carbons (Fsp3) is 0.500. The van der Waals surface area contributed by atoms with Gasteiger partial charge in [-0.05, 0) is 32.3 Å². The summed E-state index contributed by atoms with van der Waals surface area (Å²) < 4.78 is 15.4. The van der Waals surface area contributed by atoms with Gasteiger partial charge in [-0.2, -0.15) is 0 Å². The van der Waals surface area contributed by atoms with E-state index in [0.717, 1.165) is 6.54 Å². The number of benzene rings is 1. The standard InChI is InChI=1S/C18H24FN5O/c1-14(15-7-3-4-8-16(15)19)24-13-17(21-22-24)18(25)20-9-12-23-10-5-2-6-11-23/h3-4,7-8,13-14H,2,5-6,9-12H2,1H3,(H,20,25)/p+1/t14-/m1/s1. The van der Waals surface area contributed by atoms with Gasteiger partial charge in [-0.3, -0.25) is 4.79 Å². The Hall–Kier alpha value is -2.28. The van der Waals surface area contributed by atoms with E-state index in [2.05, 4.69) is 15.6 Å². The molecule has 0 spiro atoms. The number of rotatable bonds is 6. The Balaban J connectivity index is 1.55. The lowest BCUT2D eigenvalue weighted by atomic mass is 10.1. The summed E-state index contributed by atoms with van der Waals surface area (Å²) in [6, 6.07) is 6.23. The van der Waals surface area contributed by atoms with Crippen LogP contribution in [0.2, 0.25) is 0 Å². The van der Waals surface area contributed by atoms with E-state index in [0.29, 0.717) is 12.1 Å². The summed E-state index contributed by atoms with van der Waals surface area (Å²) in [4.78, 5) is 13.8. The molecule has 0 radical (unpaired) electrons. The average molecular weight is 346 g/mol. The molecule has 0 aliphatic carbocycles. The Morgan fingerprint density at radius 2 is 2.08 bits per heavy atom. The molecule has 0 unspecified atom stereocenters. The molecule has 6 nitrogen and oxygen atoms in total. The summed E-state index contributed by atoms with van der Waals surface area (Å²) in [5, 5.41) is 10.8. The highest BCUT2D eigenvalue weighted by Gasteiger charge is 2.18. The predicted molar refractivity (Wildman–Crippen MR) is 92.0 cm³/mol. The van der Waals surface area contributed by atoms with E-state index in [1.807, 2.05) is 6.92 Å². The van der Waals surface area contributed by atoms with Gasteiger partial charge in [0, 0.05) is 5.56 Å². The average Bonchev–Trinajstić information content (AvgIpc) is 3.13. The molecular weight excluding hydrogens is 321 g/mol. The van der Waals surface area contributed by atoms with E-state index in [4.69, 9.17) is 0 Å². The zero-order valence-electron chi connectivity index (χ0n) is 14.5. The third-order valence-corrected chi connectivity index (χ3v) is 4.82. The molecule has 1 aromatic carbocycles. The first kappa shape index (κ1) is 17.5. The van der Waals surface area contributed by atoms with E-state index >= 15 is 0 Å². The number of nitrogens with zero attached hydrogens (tertiary/aromatic N) is 3. The second-order valence-corrected chi connectivity index (χ2v) is 6.60. The Morgan fingerprint density at radius 3 is 2.84 bits per heavy atom. The maximum atomic E-state index is 13.9. The van der Waals surface area contributed by atoms with Crippen LogP contribution in [0.4, 0.5) is 4.39 Å². The molecule has 1 aliphatic rings. The van der Waals surface area contributed by atoms with Gasteiger partial charge in [0.1, 0.15) is 5.82 Å². The number of quaternary nitrogens is 1. The number of aromatic nitrogens is 3. The van der Waals surface area contributed by atoms with Crippen LogP contribution in [-0.2, 0) is 0 Å². The van der Waals surface area contributed by atoms with Gasteiger partial charge in [-0.25, -0.2) is 9.07 Å². The van der Waals surface area contributed by atoms with Gasteiger partial charge in [0.15, 0.2) is 5.69 Å². The van der Waals surface area contributed by atoms with Crippen molar-refractivity contribution < 1.29 is 14.1 Å². The van der Waals surface area contributed by atoms with Gasteiger partial charge in [0.05, 0.1) is 38.4 Å². The van der Waals surface area contributed by atoms with Gasteiger partial charge in [0.2, 0.25) is 0 Å². The minimum Gasteiger partial charge on any atom is -0.345 e. The second-order valence-electron chi connectivity index (χ2n) is 6.60. The van der Waals surface area contributed by atoms with Gasteiger partial charge in [-0.1, -0.05) is 23.4 Å². The number of carbonyl (C=O) groups is 1. The molecule has 2 aromatic rings. The van der Waals surface area contributed by atoms with Crippen molar-refractivity contribution in [1.29, 1.82) is 0 Å². The Labute approximate surface area is 147 Å². The monoisotopic (exact) mass is 346 g/mol. The molecule has 0 saturated carbocycles. The largest absolute Gasteiger partial charge is 0.345 e. The maximum absolute atomic E-state index is 13.9. The number of amides is 1. The summed E-state index contributed by atoms with van der Waals surface area (Å²) in [5.74, 6) is -0.524. The van der Waals surface area contributed by atoms with Crippen LogP contribution >= 0.6 is 0 Å². The number of carbonyl (C=O) groups excluding carboxylic acids is 1. The van der Waals surface area contributed by atoms with Gasteiger partial charge < -0.3 is 10.2 Å². The quantitative estimate of drug-likeness (QED) is 0.814. The van der Waals surface area contributed by atoms with E-state index < -0.39 is 0 Å². The fourth-order valence-electron chi connectivity index (χ4n) is 3.27. The number of piperidine rings is 1. The molecule has 1 aromatic heterocycles. The Morgan fingerprint density at radius 1 is 1.32 bits per heavy atom. The van der Waals surface area contributed by atoms with Crippen LogP contribution in [0.1, 0.15) is 48.3 Å². The topological polar surface area (TPSA) is 64.2 Å². The highest BCUT2D eigenvalue weighted by molar-refractivity contribution is 5.91.